The summed E-state index contributed by atoms with van der Waals surface area (Å²) in [6.45, 7) is 9.59. The second-order valence-electron chi connectivity index (χ2n) is 11.9. The molecule has 0 aliphatic carbocycles. The molecule has 1 aliphatic heterocycles. The Morgan fingerprint density at radius 2 is 1.88 bits per heavy atom. The monoisotopic (exact) mass is 575 g/mol. The Morgan fingerprint density at radius 1 is 1.07 bits per heavy atom. The number of aromatic nitrogens is 3. The van der Waals surface area contributed by atoms with Crippen LogP contribution in [0.5, 0.6) is 0 Å². The van der Waals surface area contributed by atoms with E-state index in [1.54, 1.807) is 6.20 Å². The number of unbranched alkanes of at least 4 members (excludes halogenated alkanes) is 1. The van der Waals surface area contributed by atoms with Crippen LogP contribution in [0.3, 0.4) is 0 Å². The number of aliphatic carboxylic acids is 1. The summed E-state index contributed by atoms with van der Waals surface area (Å²) in [5.41, 5.74) is 3.48. The fourth-order valence-corrected chi connectivity index (χ4v) is 5.52. The van der Waals surface area contributed by atoms with Crippen LogP contribution in [0.15, 0.2) is 42.6 Å². The number of carboxylic acid groups (broad SMARTS) is 1. The summed E-state index contributed by atoms with van der Waals surface area (Å²) in [7, 11) is 0. The molecule has 42 heavy (non-hydrogen) atoms. The van der Waals surface area contributed by atoms with Gasteiger partial charge in [-0.15, -0.1) is 0 Å². The third kappa shape index (κ3) is 9.11. The summed E-state index contributed by atoms with van der Waals surface area (Å²) in [5.74, 6) is 0.232. The number of fused-ring (bicyclic) bond motifs is 2. The molecule has 4 rings (SSSR count). The zero-order chi connectivity index (χ0) is 30.0. The van der Waals surface area contributed by atoms with Gasteiger partial charge < -0.3 is 26.0 Å². The first kappa shape index (κ1) is 31.2. The number of hydrogen-bond acceptors (Lipinski definition) is 8. The van der Waals surface area contributed by atoms with Gasteiger partial charge in [0.05, 0.1) is 23.1 Å². The maximum Gasteiger partial charge on any atom is 0.307 e. The van der Waals surface area contributed by atoms with Crippen molar-refractivity contribution in [2.45, 2.75) is 59.3 Å². The van der Waals surface area contributed by atoms with Gasteiger partial charge in [0.25, 0.3) is 0 Å². The van der Waals surface area contributed by atoms with E-state index in [1.165, 1.54) is 12.5 Å². The Balaban J connectivity index is 1.30. The van der Waals surface area contributed by atoms with Crippen molar-refractivity contribution in [3.63, 3.8) is 0 Å². The second kappa shape index (κ2) is 14.9. The molecule has 226 valence electrons. The summed E-state index contributed by atoms with van der Waals surface area (Å²) >= 11 is 0. The van der Waals surface area contributed by atoms with E-state index in [4.69, 9.17) is 4.98 Å². The fourth-order valence-electron chi connectivity index (χ4n) is 5.52. The van der Waals surface area contributed by atoms with Gasteiger partial charge in [0.2, 0.25) is 5.91 Å². The van der Waals surface area contributed by atoms with Crippen LogP contribution in [0.4, 0.5) is 11.6 Å². The minimum Gasteiger partial charge on any atom is -0.481 e. The number of para-hydroxylation sites is 2. The van der Waals surface area contributed by atoms with Crippen molar-refractivity contribution in [3.8, 4) is 0 Å². The lowest BCUT2D eigenvalue weighted by molar-refractivity contribution is -0.146. The van der Waals surface area contributed by atoms with Crippen molar-refractivity contribution >= 4 is 34.5 Å². The first-order valence-corrected chi connectivity index (χ1v) is 15.1. The van der Waals surface area contributed by atoms with Crippen molar-refractivity contribution in [2.24, 2.45) is 11.3 Å². The molecule has 1 atom stereocenters. The molecule has 3 heterocycles. The largest absolute Gasteiger partial charge is 0.481 e. The number of benzene rings is 1. The second-order valence-corrected chi connectivity index (χ2v) is 11.9. The van der Waals surface area contributed by atoms with E-state index in [2.05, 4.69) is 43.0 Å². The smallest absolute Gasteiger partial charge is 0.307 e. The maximum absolute atomic E-state index is 12.4. The van der Waals surface area contributed by atoms with Gasteiger partial charge in [0, 0.05) is 38.8 Å². The number of nitrogens with one attached hydrogen (secondary N) is 3. The highest BCUT2D eigenvalue weighted by molar-refractivity contribution is 5.75. The van der Waals surface area contributed by atoms with Crippen molar-refractivity contribution in [1.82, 2.24) is 25.2 Å². The zero-order valence-electron chi connectivity index (χ0n) is 25.2. The van der Waals surface area contributed by atoms with Crippen LogP contribution >= 0.6 is 0 Å². The van der Waals surface area contributed by atoms with Gasteiger partial charge in [-0.25, -0.2) is 9.97 Å². The van der Waals surface area contributed by atoms with Crippen LogP contribution in [0, 0.1) is 11.3 Å². The predicted octanol–water partition coefficient (Wildman–Crippen LogP) is 4.37. The summed E-state index contributed by atoms with van der Waals surface area (Å²) in [5, 5.41) is 19.8. The van der Waals surface area contributed by atoms with Gasteiger partial charge in [-0.2, -0.15) is 0 Å². The SMILES string of the molecule is CC(=O)NCCN(CCCCc1ccc2c(n1)NCCC2)CC[C@H](C(=O)O)C(C)(C)CNc1cnc2ccccc2n1. The van der Waals surface area contributed by atoms with E-state index in [0.29, 0.717) is 38.4 Å². The number of carbonyl (C=O) groups is 2. The lowest BCUT2D eigenvalue weighted by atomic mass is 9.76. The van der Waals surface area contributed by atoms with Gasteiger partial charge in [0.15, 0.2) is 0 Å². The average Bonchev–Trinajstić information content (AvgIpc) is 2.97. The van der Waals surface area contributed by atoms with Gasteiger partial charge in [-0.05, 0) is 80.8 Å². The quantitative estimate of drug-likeness (QED) is 0.184. The van der Waals surface area contributed by atoms with Crippen molar-refractivity contribution in [3.05, 3.63) is 53.9 Å². The Labute approximate surface area is 248 Å². The molecule has 1 aromatic carbocycles. The molecule has 0 unspecified atom stereocenters. The molecule has 1 aliphatic rings. The van der Waals surface area contributed by atoms with Gasteiger partial charge in [0.1, 0.15) is 11.6 Å². The van der Waals surface area contributed by atoms with Gasteiger partial charge >= 0.3 is 5.97 Å². The Bertz CT molecular complexity index is 1350. The van der Waals surface area contributed by atoms with Crippen molar-refractivity contribution in [1.29, 1.82) is 0 Å². The Morgan fingerprint density at radius 3 is 2.67 bits per heavy atom. The summed E-state index contributed by atoms with van der Waals surface area (Å²) < 4.78 is 0. The Hall–Kier alpha value is -3.79. The highest BCUT2D eigenvalue weighted by Gasteiger charge is 2.35. The highest BCUT2D eigenvalue weighted by Crippen LogP contribution is 2.31. The molecule has 10 heteroatoms. The number of rotatable bonds is 16. The predicted molar refractivity (Wildman–Crippen MR) is 167 cm³/mol. The molecule has 0 radical (unpaired) electrons. The maximum atomic E-state index is 12.4. The standard InChI is InChI=1S/C32H45N7O3/c1-23(40)33-17-20-39(18-7-6-10-25-14-13-24-9-8-16-34-30(24)37-25)19-15-26(31(41)42)32(2,3)22-36-29-21-35-27-11-4-5-12-28(27)38-29/h4-5,11-14,21,26H,6-10,15-20,22H2,1-3H3,(H,33,40)(H,34,37)(H,36,38)(H,41,42)/t26-/m1/s1. The van der Waals surface area contributed by atoms with Crippen LogP contribution in [-0.4, -0.2) is 76.1 Å². The topological polar surface area (TPSA) is 132 Å². The van der Waals surface area contributed by atoms with Crippen LogP contribution < -0.4 is 16.0 Å². The number of nitrogens with zero attached hydrogens (tertiary/aromatic N) is 4. The normalized spacial score (nSPS) is 13.8. The minimum absolute atomic E-state index is 0.0607. The number of amides is 1. The molecular formula is C32H45N7O3. The van der Waals surface area contributed by atoms with E-state index in [-0.39, 0.29) is 5.91 Å². The third-order valence-corrected chi connectivity index (χ3v) is 8.06. The number of carboxylic acids is 1. The number of carbonyl (C=O) groups excluding carboxylic acids is 1. The minimum atomic E-state index is -0.805. The summed E-state index contributed by atoms with van der Waals surface area (Å²) in [6.07, 6.45) is 7.30. The Kier molecular flexibility index (Phi) is 11.1. The summed E-state index contributed by atoms with van der Waals surface area (Å²) in [6, 6.07) is 12.0. The van der Waals surface area contributed by atoms with Gasteiger partial charge in [-0.3, -0.25) is 14.6 Å². The molecule has 0 bridgehead atoms. The molecule has 0 spiro atoms. The van der Waals surface area contributed by atoms with E-state index in [0.717, 1.165) is 67.7 Å². The lowest BCUT2D eigenvalue weighted by Gasteiger charge is -2.33. The average molecular weight is 576 g/mol. The number of pyridine rings is 1. The van der Waals surface area contributed by atoms with Crippen LogP contribution in [0.25, 0.3) is 11.0 Å². The van der Waals surface area contributed by atoms with Crippen LogP contribution in [0.1, 0.15) is 57.7 Å². The number of hydrogen-bond donors (Lipinski definition) is 4. The first-order chi connectivity index (χ1) is 20.2. The van der Waals surface area contributed by atoms with Crippen molar-refractivity contribution < 1.29 is 14.7 Å². The molecule has 1 amide bonds. The van der Waals surface area contributed by atoms with E-state index in [1.807, 2.05) is 38.1 Å². The zero-order valence-corrected chi connectivity index (χ0v) is 25.2. The molecule has 0 saturated carbocycles. The first-order valence-electron chi connectivity index (χ1n) is 15.1. The third-order valence-electron chi connectivity index (χ3n) is 8.06. The molecule has 0 fully saturated rings. The summed E-state index contributed by atoms with van der Waals surface area (Å²) in [4.78, 5) is 40.0. The molecule has 3 aromatic rings. The number of aryl methyl sites for hydroxylation is 2. The highest BCUT2D eigenvalue weighted by atomic mass is 16.4. The molecular weight excluding hydrogens is 530 g/mol. The van der Waals surface area contributed by atoms with E-state index >= 15 is 0 Å². The number of anilines is 2. The van der Waals surface area contributed by atoms with E-state index in [9.17, 15) is 14.7 Å². The molecule has 0 saturated heterocycles. The molecule has 2 aromatic heterocycles. The molecule has 10 nitrogen and oxygen atoms in total. The molecule has 4 N–H and O–H groups in total. The fraction of sp³-hybridized carbons (Fsp3) is 0.531. The van der Waals surface area contributed by atoms with Crippen LogP contribution in [0.2, 0.25) is 0 Å². The van der Waals surface area contributed by atoms with Gasteiger partial charge in [-0.1, -0.05) is 32.0 Å². The lowest BCUT2D eigenvalue weighted by Crippen LogP contribution is -2.41. The van der Waals surface area contributed by atoms with Crippen molar-refractivity contribution in [2.75, 3.05) is 49.9 Å². The van der Waals surface area contributed by atoms with Crippen LogP contribution in [-0.2, 0) is 22.4 Å². The van der Waals surface area contributed by atoms with E-state index < -0.39 is 17.3 Å².